The number of carbonyl (C=O) groups is 2. The second-order valence-electron chi connectivity index (χ2n) is 7.80. The van der Waals surface area contributed by atoms with E-state index in [1.807, 2.05) is 19.1 Å². The lowest BCUT2D eigenvalue weighted by atomic mass is 9.84. The molecule has 1 spiro atoms. The van der Waals surface area contributed by atoms with Crippen molar-refractivity contribution in [3.63, 3.8) is 0 Å². The lowest BCUT2D eigenvalue weighted by Gasteiger charge is -2.28. The molecule has 0 fully saturated rings. The number of carbonyl (C=O) groups excluding carboxylic acids is 2. The normalized spacial score (nSPS) is 33.0. The summed E-state index contributed by atoms with van der Waals surface area (Å²) in [6, 6.07) is 0. The number of rotatable bonds is 0. The van der Waals surface area contributed by atoms with Crippen LogP contribution in [0.4, 0.5) is 0 Å². The first-order valence-electron chi connectivity index (χ1n) is 8.22. The van der Waals surface area contributed by atoms with Gasteiger partial charge in [-0.05, 0) is 48.5 Å². The van der Waals surface area contributed by atoms with E-state index in [2.05, 4.69) is 26.8 Å². The van der Waals surface area contributed by atoms with Crippen molar-refractivity contribution >= 4 is 11.6 Å². The quantitative estimate of drug-likeness (QED) is 0.677. The number of hydrogen-bond donors (Lipinski definition) is 0. The minimum Gasteiger partial charge on any atom is -0.478 e. The van der Waals surface area contributed by atoms with Gasteiger partial charge in [-0.1, -0.05) is 32.9 Å². The zero-order valence-corrected chi connectivity index (χ0v) is 14.5. The molecule has 0 radical (unpaired) electrons. The van der Waals surface area contributed by atoms with Crippen LogP contribution in [0.3, 0.4) is 0 Å². The van der Waals surface area contributed by atoms with Gasteiger partial charge in [-0.25, -0.2) is 0 Å². The summed E-state index contributed by atoms with van der Waals surface area (Å²) in [6.45, 7) is 9.86. The minimum atomic E-state index is -0.916. The van der Waals surface area contributed by atoms with Crippen molar-refractivity contribution in [3.05, 3.63) is 46.8 Å². The van der Waals surface area contributed by atoms with E-state index in [4.69, 9.17) is 4.74 Å². The van der Waals surface area contributed by atoms with Gasteiger partial charge in [-0.2, -0.15) is 0 Å². The van der Waals surface area contributed by atoms with Crippen LogP contribution >= 0.6 is 0 Å². The van der Waals surface area contributed by atoms with Crippen LogP contribution in [0.5, 0.6) is 0 Å². The highest BCUT2D eigenvalue weighted by Crippen LogP contribution is 2.48. The molecule has 2 heterocycles. The van der Waals surface area contributed by atoms with Crippen molar-refractivity contribution in [2.45, 2.75) is 53.1 Å². The summed E-state index contributed by atoms with van der Waals surface area (Å²) in [5.74, 6) is 1.07. The standard InChI is InChI=1S/C20H24O3/c1-12-8-15-9-13(2)16(21)6-7-19(4,5)11-17-14(3)18(22)20(15,10-12)23-17/h6-9,12H,10-11H2,1-5H3/t12-,20+/m0/s1. The minimum absolute atomic E-state index is 0.00963. The molecule has 0 N–H and O–H groups in total. The molecule has 0 unspecified atom stereocenters. The summed E-state index contributed by atoms with van der Waals surface area (Å²) in [4.78, 5) is 25.3. The Hall–Kier alpha value is -1.90. The molecular weight excluding hydrogens is 288 g/mol. The number of allylic oxidation sites excluding steroid dienone is 5. The monoisotopic (exact) mass is 312 g/mol. The molecule has 3 nitrogen and oxygen atoms in total. The third-order valence-electron chi connectivity index (χ3n) is 5.03. The third-order valence-corrected chi connectivity index (χ3v) is 5.03. The Labute approximate surface area is 137 Å². The smallest absolute Gasteiger partial charge is 0.210 e. The highest BCUT2D eigenvalue weighted by molar-refractivity contribution is 6.08. The lowest BCUT2D eigenvalue weighted by Crippen LogP contribution is -2.37. The van der Waals surface area contributed by atoms with Gasteiger partial charge in [0.25, 0.3) is 0 Å². The molecule has 3 heteroatoms. The van der Waals surface area contributed by atoms with Gasteiger partial charge in [0.05, 0.1) is 0 Å². The summed E-state index contributed by atoms with van der Waals surface area (Å²) in [7, 11) is 0. The van der Waals surface area contributed by atoms with E-state index >= 15 is 0 Å². The maximum Gasteiger partial charge on any atom is 0.210 e. The van der Waals surface area contributed by atoms with Crippen molar-refractivity contribution in [1.29, 1.82) is 0 Å². The fourth-order valence-corrected chi connectivity index (χ4v) is 3.70. The molecule has 0 aromatic heterocycles. The van der Waals surface area contributed by atoms with Gasteiger partial charge in [0.2, 0.25) is 5.78 Å². The third kappa shape index (κ3) is 2.52. The maximum atomic E-state index is 13.0. The van der Waals surface area contributed by atoms with Gasteiger partial charge in [-0.3, -0.25) is 9.59 Å². The molecule has 0 aromatic carbocycles. The number of ether oxygens (including phenoxy) is 1. The van der Waals surface area contributed by atoms with Gasteiger partial charge < -0.3 is 4.74 Å². The molecule has 3 rings (SSSR count). The number of hydrogen-bond acceptors (Lipinski definition) is 3. The molecule has 3 aliphatic rings. The average molecular weight is 312 g/mol. The van der Waals surface area contributed by atoms with Crippen molar-refractivity contribution in [1.82, 2.24) is 0 Å². The van der Waals surface area contributed by atoms with E-state index in [1.165, 1.54) is 0 Å². The first-order chi connectivity index (χ1) is 10.6. The number of Topliss-reactive ketones (excluding diaryl/α,β-unsaturated/α-hetero) is 1. The summed E-state index contributed by atoms with van der Waals surface area (Å²) in [5.41, 5.74) is 1.05. The first kappa shape index (κ1) is 16.0. The van der Waals surface area contributed by atoms with Crippen molar-refractivity contribution in [3.8, 4) is 0 Å². The molecule has 0 amide bonds. The second kappa shape index (κ2) is 5.05. The van der Waals surface area contributed by atoms with Crippen molar-refractivity contribution in [2.24, 2.45) is 11.3 Å². The maximum absolute atomic E-state index is 13.0. The Morgan fingerprint density at radius 2 is 1.91 bits per heavy atom. The molecular formula is C20H24O3. The van der Waals surface area contributed by atoms with Crippen molar-refractivity contribution in [2.75, 3.05) is 0 Å². The predicted octanol–water partition coefficient (Wildman–Crippen LogP) is 4.07. The van der Waals surface area contributed by atoms with Gasteiger partial charge in [0.15, 0.2) is 11.4 Å². The lowest BCUT2D eigenvalue weighted by molar-refractivity contribution is -0.127. The van der Waals surface area contributed by atoms with Crippen LogP contribution in [-0.2, 0) is 14.3 Å². The summed E-state index contributed by atoms with van der Waals surface area (Å²) in [6.07, 6.45) is 8.74. The summed E-state index contributed by atoms with van der Waals surface area (Å²) in [5, 5.41) is 0. The molecule has 1 aliphatic carbocycles. The molecule has 2 bridgehead atoms. The molecule has 23 heavy (non-hydrogen) atoms. The molecule has 2 atom stereocenters. The molecule has 2 aliphatic heterocycles. The van der Waals surface area contributed by atoms with E-state index in [9.17, 15) is 9.59 Å². The Morgan fingerprint density at radius 3 is 2.61 bits per heavy atom. The SMILES string of the molecule is CC1=CC2=C[C@H](C)C[C@@]23OC(=C(C)C3=O)CC(C)(C)C=CC1=O. The highest BCUT2D eigenvalue weighted by atomic mass is 16.5. The van der Waals surface area contributed by atoms with Gasteiger partial charge in [-0.15, -0.1) is 0 Å². The Morgan fingerprint density at radius 1 is 1.22 bits per heavy atom. The average Bonchev–Trinajstić information content (AvgIpc) is 2.88. The van der Waals surface area contributed by atoms with Crippen LogP contribution in [0.1, 0.15) is 47.5 Å². The first-order valence-corrected chi connectivity index (χ1v) is 8.22. The second-order valence-corrected chi connectivity index (χ2v) is 7.80. The van der Waals surface area contributed by atoms with E-state index in [-0.39, 0.29) is 22.9 Å². The zero-order chi connectivity index (χ0) is 17.0. The van der Waals surface area contributed by atoms with E-state index in [0.29, 0.717) is 18.4 Å². The molecule has 0 saturated heterocycles. The van der Waals surface area contributed by atoms with Crippen LogP contribution in [0, 0.1) is 11.3 Å². The van der Waals surface area contributed by atoms with E-state index < -0.39 is 5.60 Å². The highest BCUT2D eigenvalue weighted by Gasteiger charge is 2.53. The fraction of sp³-hybridized carbons (Fsp3) is 0.500. The van der Waals surface area contributed by atoms with Gasteiger partial charge >= 0.3 is 0 Å². The molecule has 0 saturated carbocycles. The number of ketones is 2. The Kier molecular flexibility index (Phi) is 3.51. The fourth-order valence-electron chi connectivity index (χ4n) is 3.70. The topological polar surface area (TPSA) is 43.4 Å². The largest absolute Gasteiger partial charge is 0.478 e. The van der Waals surface area contributed by atoms with E-state index in [1.54, 1.807) is 13.0 Å². The summed E-state index contributed by atoms with van der Waals surface area (Å²) < 4.78 is 6.29. The predicted molar refractivity (Wildman–Crippen MR) is 89.7 cm³/mol. The number of fused-ring (bicyclic) bond motifs is 1. The Balaban J connectivity index is 2.17. The summed E-state index contributed by atoms with van der Waals surface area (Å²) >= 11 is 0. The van der Waals surface area contributed by atoms with Crippen molar-refractivity contribution < 1.29 is 14.3 Å². The van der Waals surface area contributed by atoms with Crippen LogP contribution in [-0.4, -0.2) is 17.2 Å². The Bertz CT molecular complexity index is 715. The van der Waals surface area contributed by atoms with Crippen LogP contribution in [0.25, 0.3) is 0 Å². The van der Waals surface area contributed by atoms with Crippen LogP contribution < -0.4 is 0 Å². The van der Waals surface area contributed by atoms with Gasteiger partial charge in [0, 0.05) is 18.4 Å². The zero-order valence-electron chi connectivity index (χ0n) is 14.5. The molecule has 122 valence electrons. The van der Waals surface area contributed by atoms with E-state index in [0.717, 1.165) is 16.9 Å². The van der Waals surface area contributed by atoms with Gasteiger partial charge in [0.1, 0.15) is 5.76 Å². The van der Waals surface area contributed by atoms with Crippen LogP contribution in [0.15, 0.2) is 46.8 Å². The molecule has 0 aromatic rings. The van der Waals surface area contributed by atoms with Crippen LogP contribution in [0.2, 0.25) is 0 Å².